The van der Waals surface area contributed by atoms with E-state index in [1.165, 1.54) is 0 Å². The van der Waals surface area contributed by atoms with Crippen LogP contribution in [-0.2, 0) is 24.1 Å². The van der Waals surface area contributed by atoms with Gasteiger partial charge in [0.25, 0.3) is 0 Å². The first kappa shape index (κ1) is 26.7. The first-order valence-corrected chi connectivity index (χ1v) is 10.2. The molecule has 0 atom stereocenters. The van der Waals surface area contributed by atoms with Crippen LogP contribution in [0.4, 0.5) is 10.5 Å². The summed E-state index contributed by atoms with van der Waals surface area (Å²) in [5, 5.41) is 17.4. The van der Waals surface area contributed by atoms with Crippen LogP contribution in [-0.4, -0.2) is 52.6 Å². The summed E-state index contributed by atoms with van der Waals surface area (Å²) in [4.78, 5) is 16.1. The maximum absolute atomic E-state index is 11.8. The number of hydrogen-bond acceptors (Lipinski definition) is 5. The summed E-state index contributed by atoms with van der Waals surface area (Å²) >= 11 is 0. The van der Waals surface area contributed by atoms with Gasteiger partial charge < -0.3 is 19.9 Å². The van der Waals surface area contributed by atoms with E-state index in [-0.39, 0.29) is 24.0 Å². The molecule has 2 aromatic rings. The Bertz CT molecular complexity index is 829. The molecule has 1 aromatic heterocycles. The van der Waals surface area contributed by atoms with Crippen LogP contribution in [0.2, 0.25) is 0 Å². The van der Waals surface area contributed by atoms with Crippen molar-refractivity contribution in [2.75, 3.05) is 25.5 Å². The fourth-order valence-corrected chi connectivity index (χ4v) is 2.76. The highest BCUT2D eigenvalue weighted by Gasteiger charge is 2.16. The van der Waals surface area contributed by atoms with Crippen LogP contribution in [0.3, 0.4) is 0 Å². The zero-order valence-corrected chi connectivity index (χ0v) is 21.3. The van der Waals surface area contributed by atoms with E-state index in [9.17, 15) is 4.79 Å². The average Bonchev–Trinajstić information content (AvgIpc) is 3.14. The predicted octanol–water partition coefficient (Wildman–Crippen LogP) is 3.21. The lowest BCUT2D eigenvalue weighted by Crippen LogP contribution is -2.39. The van der Waals surface area contributed by atoms with Gasteiger partial charge in [-0.3, -0.25) is 10.3 Å². The molecule has 3 N–H and O–H groups in total. The van der Waals surface area contributed by atoms with E-state index in [1.807, 2.05) is 49.6 Å². The number of anilines is 1. The zero-order valence-electron chi connectivity index (χ0n) is 18.9. The number of aryl methyl sites for hydroxylation is 1. The number of aromatic nitrogens is 3. The molecule has 0 fully saturated rings. The van der Waals surface area contributed by atoms with Gasteiger partial charge in [-0.1, -0.05) is 19.1 Å². The summed E-state index contributed by atoms with van der Waals surface area (Å²) in [6.45, 7) is 9.83. The van der Waals surface area contributed by atoms with Crippen molar-refractivity contribution in [1.29, 1.82) is 0 Å². The van der Waals surface area contributed by atoms with E-state index in [4.69, 9.17) is 4.74 Å². The minimum atomic E-state index is -0.518. The molecule has 0 unspecified atom stereocenters. The Kier molecular flexibility index (Phi) is 11.3. The van der Waals surface area contributed by atoms with Crippen LogP contribution < -0.4 is 16.0 Å². The van der Waals surface area contributed by atoms with Crippen LogP contribution in [0.25, 0.3) is 0 Å². The second-order valence-corrected chi connectivity index (χ2v) is 7.79. The molecular weight excluding hydrogens is 509 g/mol. The molecule has 1 amide bonds. The summed E-state index contributed by atoms with van der Waals surface area (Å²) in [6, 6.07) is 7.72. The monoisotopic (exact) mass is 543 g/mol. The highest BCUT2D eigenvalue weighted by atomic mass is 127. The van der Waals surface area contributed by atoms with E-state index in [0.717, 1.165) is 49.8 Å². The van der Waals surface area contributed by atoms with Gasteiger partial charge in [-0.25, -0.2) is 4.79 Å². The minimum Gasteiger partial charge on any atom is -0.444 e. The van der Waals surface area contributed by atoms with Crippen molar-refractivity contribution in [3.05, 3.63) is 42.0 Å². The Hall–Kier alpha value is -2.37. The third-order valence-electron chi connectivity index (χ3n) is 4.19. The van der Waals surface area contributed by atoms with Crippen LogP contribution >= 0.6 is 24.0 Å². The van der Waals surface area contributed by atoms with E-state index in [2.05, 4.69) is 38.1 Å². The standard InChI is InChI=1S/C21H33N7O2.HI/c1-6-18-27-25-15-28(18)14-13-24-19(22-5)23-12-11-16-7-9-17(10-8-16)26-20(29)30-21(2,3)4;/h7-10,15H,6,11-14H2,1-5H3,(H,26,29)(H2,22,23,24);1H. The van der Waals surface area contributed by atoms with Crippen molar-refractivity contribution < 1.29 is 9.53 Å². The third-order valence-corrected chi connectivity index (χ3v) is 4.19. The number of nitrogens with zero attached hydrogens (tertiary/aromatic N) is 4. The van der Waals surface area contributed by atoms with E-state index >= 15 is 0 Å². The molecule has 0 aliphatic carbocycles. The molecule has 0 saturated heterocycles. The lowest BCUT2D eigenvalue weighted by atomic mass is 10.1. The van der Waals surface area contributed by atoms with Crippen LogP contribution in [0.1, 0.15) is 39.1 Å². The van der Waals surface area contributed by atoms with Gasteiger partial charge >= 0.3 is 6.09 Å². The Morgan fingerprint density at radius 2 is 1.84 bits per heavy atom. The smallest absolute Gasteiger partial charge is 0.412 e. The summed E-state index contributed by atoms with van der Waals surface area (Å²) in [6.07, 6.45) is 2.99. The molecule has 10 heteroatoms. The Morgan fingerprint density at radius 1 is 1.16 bits per heavy atom. The van der Waals surface area contributed by atoms with Gasteiger partial charge in [-0.15, -0.1) is 34.2 Å². The van der Waals surface area contributed by atoms with Crippen molar-refractivity contribution in [2.45, 2.75) is 52.7 Å². The van der Waals surface area contributed by atoms with Gasteiger partial charge in [0.2, 0.25) is 0 Å². The van der Waals surface area contributed by atoms with Crippen LogP contribution in [0, 0.1) is 0 Å². The normalized spacial score (nSPS) is 11.5. The second-order valence-electron chi connectivity index (χ2n) is 7.79. The molecular formula is C21H34IN7O2. The number of carbonyl (C=O) groups excluding carboxylic acids is 1. The van der Waals surface area contributed by atoms with E-state index in [1.54, 1.807) is 13.4 Å². The number of hydrogen-bond donors (Lipinski definition) is 3. The third kappa shape index (κ3) is 9.99. The van der Waals surface area contributed by atoms with Gasteiger partial charge in [0.15, 0.2) is 5.96 Å². The molecule has 0 spiro atoms. The molecule has 0 bridgehead atoms. The molecule has 1 aromatic carbocycles. The maximum Gasteiger partial charge on any atom is 0.412 e. The number of benzene rings is 1. The molecule has 172 valence electrons. The number of nitrogens with one attached hydrogen (secondary N) is 3. The first-order chi connectivity index (χ1) is 14.3. The molecule has 0 aliphatic rings. The van der Waals surface area contributed by atoms with Crippen molar-refractivity contribution in [3.63, 3.8) is 0 Å². The molecule has 2 rings (SSSR count). The number of rotatable bonds is 8. The molecule has 0 aliphatic heterocycles. The van der Waals surface area contributed by atoms with Gasteiger partial charge in [0.1, 0.15) is 17.8 Å². The Labute approximate surface area is 201 Å². The van der Waals surface area contributed by atoms with Crippen molar-refractivity contribution >= 4 is 41.7 Å². The minimum absolute atomic E-state index is 0. The average molecular weight is 543 g/mol. The van der Waals surface area contributed by atoms with Crippen LogP contribution in [0.5, 0.6) is 0 Å². The number of ether oxygens (including phenoxy) is 1. The van der Waals surface area contributed by atoms with Crippen molar-refractivity contribution in [2.24, 2.45) is 4.99 Å². The SMILES string of the molecule is CCc1nncn1CCNC(=NC)NCCc1ccc(NC(=O)OC(C)(C)C)cc1.I. The maximum atomic E-state index is 11.8. The topological polar surface area (TPSA) is 105 Å². The lowest BCUT2D eigenvalue weighted by molar-refractivity contribution is 0.0636. The fraction of sp³-hybridized carbons (Fsp3) is 0.524. The van der Waals surface area contributed by atoms with Gasteiger partial charge in [0.05, 0.1) is 0 Å². The van der Waals surface area contributed by atoms with Crippen molar-refractivity contribution in [3.8, 4) is 0 Å². The van der Waals surface area contributed by atoms with Crippen molar-refractivity contribution in [1.82, 2.24) is 25.4 Å². The Balaban J connectivity index is 0.00000480. The number of carbonyl (C=O) groups is 1. The predicted molar refractivity (Wildman–Crippen MR) is 134 cm³/mol. The van der Waals surface area contributed by atoms with E-state index in [0.29, 0.717) is 5.69 Å². The lowest BCUT2D eigenvalue weighted by Gasteiger charge is -2.19. The molecule has 0 radical (unpaired) electrons. The summed E-state index contributed by atoms with van der Waals surface area (Å²) in [5.41, 5.74) is 1.35. The summed E-state index contributed by atoms with van der Waals surface area (Å²) < 4.78 is 7.29. The molecule has 31 heavy (non-hydrogen) atoms. The highest BCUT2D eigenvalue weighted by Crippen LogP contribution is 2.13. The number of guanidine groups is 1. The summed E-state index contributed by atoms with van der Waals surface area (Å²) in [7, 11) is 1.75. The molecule has 9 nitrogen and oxygen atoms in total. The largest absolute Gasteiger partial charge is 0.444 e. The summed E-state index contributed by atoms with van der Waals surface area (Å²) in [5.74, 6) is 1.73. The Morgan fingerprint density at radius 3 is 2.45 bits per heavy atom. The van der Waals surface area contributed by atoms with Crippen LogP contribution in [0.15, 0.2) is 35.6 Å². The number of aliphatic imine (C=N–C) groups is 1. The second kappa shape index (κ2) is 13.1. The number of amides is 1. The zero-order chi connectivity index (χ0) is 22.0. The van der Waals surface area contributed by atoms with Gasteiger partial charge in [0, 0.05) is 38.8 Å². The quantitative estimate of drug-likeness (QED) is 0.268. The number of halogens is 1. The fourth-order valence-electron chi connectivity index (χ4n) is 2.76. The van der Waals surface area contributed by atoms with Gasteiger partial charge in [-0.2, -0.15) is 0 Å². The molecule has 1 heterocycles. The first-order valence-electron chi connectivity index (χ1n) is 10.2. The molecule has 0 saturated carbocycles. The highest BCUT2D eigenvalue weighted by molar-refractivity contribution is 14.0. The van der Waals surface area contributed by atoms with E-state index < -0.39 is 11.7 Å². The van der Waals surface area contributed by atoms with Gasteiger partial charge in [-0.05, 0) is 44.9 Å².